The summed E-state index contributed by atoms with van der Waals surface area (Å²) in [6.07, 6.45) is 10.6. The van der Waals surface area contributed by atoms with Gasteiger partial charge in [0.2, 0.25) is 12.3 Å². The molecule has 1 saturated heterocycles. The van der Waals surface area contributed by atoms with Crippen LogP contribution in [0, 0.1) is 13.8 Å². The summed E-state index contributed by atoms with van der Waals surface area (Å²) in [7, 11) is 0.545. The SMILES string of the molecule is C=CCCCCO[C@H](C)C(=O)N1CCCC1C(=O)NC1CC1.COc1ccc2c(=O)cc(-c3cccc(C)n3)[nH]c2c1C.O=CNS(=O)C1CC1. The molecule has 3 atom stereocenters. The van der Waals surface area contributed by atoms with Gasteiger partial charge in [0.1, 0.15) is 28.9 Å². The maximum absolute atomic E-state index is 12.5. The first kappa shape index (κ1) is 39.4. The molecule has 3 heterocycles. The van der Waals surface area contributed by atoms with Gasteiger partial charge in [-0.3, -0.25) is 28.9 Å². The molecule has 13 heteroatoms. The molecule has 2 aromatic heterocycles. The molecule has 3 fully saturated rings. The molecule has 1 aliphatic heterocycles. The highest BCUT2D eigenvalue weighted by molar-refractivity contribution is 7.84. The van der Waals surface area contributed by atoms with E-state index in [9.17, 15) is 23.4 Å². The second kappa shape index (κ2) is 19.3. The van der Waals surface area contributed by atoms with Crippen LogP contribution in [0.25, 0.3) is 22.3 Å². The van der Waals surface area contributed by atoms with E-state index in [1.165, 1.54) is 0 Å². The second-order valence-electron chi connectivity index (χ2n) is 13.0. The van der Waals surface area contributed by atoms with E-state index in [0.29, 0.717) is 36.7 Å². The number of likely N-dealkylation sites (tertiary alicyclic amines) is 1. The summed E-state index contributed by atoms with van der Waals surface area (Å²) in [5.74, 6) is 0.705. The topological polar surface area (TPSA) is 160 Å². The number of benzene rings is 1. The lowest BCUT2D eigenvalue weighted by Gasteiger charge is -2.26. The second-order valence-corrected chi connectivity index (χ2v) is 14.5. The van der Waals surface area contributed by atoms with Crippen LogP contribution in [0.2, 0.25) is 0 Å². The van der Waals surface area contributed by atoms with Crippen LogP contribution in [0.15, 0.2) is 53.8 Å². The van der Waals surface area contributed by atoms with Crippen LogP contribution in [-0.2, 0) is 30.1 Å². The summed E-state index contributed by atoms with van der Waals surface area (Å²) < 4.78 is 23.7. The summed E-state index contributed by atoms with van der Waals surface area (Å²) in [6, 6.07) is 11.0. The molecule has 3 amide bonds. The fourth-order valence-corrected chi connectivity index (χ4v) is 6.55. The molecule has 3 aliphatic rings. The number of hydrogen-bond donors (Lipinski definition) is 3. The van der Waals surface area contributed by atoms with Gasteiger partial charge in [0.25, 0.3) is 5.91 Å². The average Bonchev–Trinajstić information content (AvgIpc) is 4.07. The van der Waals surface area contributed by atoms with E-state index in [1.807, 2.05) is 44.2 Å². The number of unbranched alkanes of at least 4 members (excludes halogenated alkanes) is 2. The molecule has 6 rings (SSSR count). The number of carbonyl (C=O) groups is 3. The predicted octanol–water partition coefficient (Wildman–Crippen LogP) is 4.79. The maximum atomic E-state index is 12.5. The number of carbonyl (C=O) groups excluding carboxylic acids is 3. The standard InChI is InChI=1S/C17H28N2O3.C17H16N2O2.C4H7NO2S/c1-3-4-5-6-12-22-13(2)17(21)19-11-7-8-15(19)16(20)18-14-9-10-14;1-10-5-4-6-13(18-10)14-9-15(20)12-7-8-16(21-3)11(2)17(12)19-14;6-3-5-8(7)4-1-2-4/h3,13-15H,1,4-12H2,2H3,(H,18,20);4-9H,1-3H3,(H,19,20);3-4H,1-2H2,(H,5,6)/t13-,15?;;/m1../s1. The van der Waals surface area contributed by atoms with Crippen LogP contribution in [-0.4, -0.2) is 81.0 Å². The van der Waals surface area contributed by atoms with Gasteiger partial charge in [0, 0.05) is 41.9 Å². The van der Waals surface area contributed by atoms with E-state index in [1.54, 1.807) is 31.1 Å². The monoisotopic (exact) mass is 721 g/mol. The Morgan fingerprint density at radius 2 is 1.90 bits per heavy atom. The van der Waals surface area contributed by atoms with Crippen LogP contribution >= 0.6 is 0 Å². The Bertz CT molecular complexity index is 1750. The fraction of sp³-hybridized carbons (Fsp3) is 0.500. The number of methoxy groups -OCH3 is 1. The van der Waals surface area contributed by atoms with Gasteiger partial charge in [-0.15, -0.1) is 6.58 Å². The van der Waals surface area contributed by atoms with Crippen molar-refractivity contribution >= 4 is 40.1 Å². The summed E-state index contributed by atoms with van der Waals surface area (Å²) >= 11 is 0. The number of aromatic amines is 1. The lowest BCUT2D eigenvalue weighted by Crippen LogP contribution is -2.49. The number of aromatic nitrogens is 2. The minimum absolute atomic E-state index is 0.00605. The third-order valence-electron chi connectivity index (χ3n) is 8.87. The van der Waals surface area contributed by atoms with Gasteiger partial charge in [-0.25, -0.2) is 4.21 Å². The van der Waals surface area contributed by atoms with Crippen LogP contribution in [0.4, 0.5) is 0 Å². The van der Waals surface area contributed by atoms with Crippen molar-refractivity contribution in [1.82, 2.24) is 24.9 Å². The van der Waals surface area contributed by atoms with Gasteiger partial charge in [0.05, 0.1) is 29.3 Å². The Morgan fingerprint density at radius 1 is 1.14 bits per heavy atom. The van der Waals surface area contributed by atoms with Crippen molar-refractivity contribution in [3.05, 3.63) is 70.5 Å². The van der Waals surface area contributed by atoms with Crippen molar-refractivity contribution in [2.45, 2.75) is 102 Å². The van der Waals surface area contributed by atoms with Crippen LogP contribution in [0.5, 0.6) is 5.75 Å². The molecule has 3 aromatic rings. The summed E-state index contributed by atoms with van der Waals surface area (Å²) in [4.78, 5) is 56.1. The normalized spacial score (nSPS) is 17.6. The van der Waals surface area contributed by atoms with E-state index in [4.69, 9.17) is 9.47 Å². The lowest BCUT2D eigenvalue weighted by molar-refractivity contribution is -0.147. The molecule has 0 spiro atoms. The van der Waals surface area contributed by atoms with Gasteiger partial charge in [-0.05, 0) is 103 Å². The number of ether oxygens (including phenoxy) is 2. The third kappa shape index (κ3) is 11.6. The van der Waals surface area contributed by atoms with Gasteiger partial charge in [-0.2, -0.15) is 0 Å². The van der Waals surface area contributed by atoms with Gasteiger partial charge >= 0.3 is 0 Å². The zero-order valence-corrected chi connectivity index (χ0v) is 30.9. The smallest absolute Gasteiger partial charge is 0.252 e. The number of amides is 3. The van der Waals surface area contributed by atoms with Crippen molar-refractivity contribution in [1.29, 1.82) is 0 Å². The lowest BCUT2D eigenvalue weighted by atomic mass is 10.1. The van der Waals surface area contributed by atoms with Crippen molar-refractivity contribution in [3.8, 4) is 17.1 Å². The molecule has 3 N–H and O–H groups in total. The van der Waals surface area contributed by atoms with E-state index in [0.717, 1.165) is 86.0 Å². The predicted molar refractivity (Wildman–Crippen MR) is 200 cm³/mol. The van der Waals surface area contributed by atoms with E-state index in [-0.39, 0.29) is 28.5 Å². The summed E-state index contributed by atoms with van der Waals surface area (Å²) in [6.45, 7) is 10.6. The number of hydrogen-bond acceptors (Lipinski definition) is 8. The third-order valence-corrected chi connectivity index (χ3v) is 10.3. The largest absolute Gasteiger partial charge is 0.496 e. The first-order chi connectivity index (χ1) is 24.6. The minimum Gasteiger partial charge on any atom is -0.496 e. The van der Waals surface area contributed by atoms with Crippen molar-refractivity contribution < 1.29 is 28.1 Å². The molecule has 2 aliphatic carbocycles. The number of aryl methyl sites for hydroxylation is 2. The number of allylic oxidation sites excluding steroid dienone is 1. The Morgan fingerprint density at radius 3 is 2.55 bits per heavy atom. The number of fused-ring (bicyclic) bond motifs is 1. The number of rotatable bonds is 14. The molecule has 276 valence electrons. The quantitative estimate of drug-likeness (QED) is 0.122. The molecule has 12 nitrogen and oxygen atoms in total. The maximum Gasteiger partial charge on any atom is 0.252 e. The van der Waals surface area contributed by atoms with Gasteiger partial charge < -0.3 is 24.7 Å². The number of nitrogens with one attached hydrogen (secondary N) is 3. The van der Waals surface area contributed by atoms with Crippen molar-refractivity contribution in [2.24, 2.45) is 0 Å². The zero-order chi connectivity index (χ0) is 36.9. The van der Waals surface area contributed by atoms with Gasteiger partial charge in [0.15, 0.2) is 5.43 Å². The van der Waals surface area contributed by atoms with Gasteiger partial charge in [-0.1, -0.05) is 12.1 Å². The molecule has 0 bridgehead atoms. The highest BCUT2D eigenvalue weighted by Crippen LogP contribution is 2.27. The highest BCUT2D eigenvalue weighted by atomic mass is 32.2. The molecular formula is C38H51N5O7S. The van der Waals surface area contributed by atoms with Crippen molar-refractivity contribution in [3.63, 3.8) is 0 Å². The molecule has 0 radical (unpaired) electrons. The number of nitrogens with zero attached hydrogens (tertiary/aromatic N) is 2. The first-order valence-electron chi connectivity index (χ1n) is 17.7. The minimum atomic E-state index is -1.08. The molecule has 2 saturated carbocycles. The Hall–Kier alpha value is -4.36. The Balaban J connectivity index is 0.000000189. The van der Waals surface area contributed by atoms with Crippen LogP contribution < -0.4 is 20.2 Å². The van der Waals surface area contributed by atoms with E-state index in [2.05, 4.69) is 26.6 Å². The van der Waals surface area contributed by atoms with Crippen molar-refractivity contribution in [2.75, 3.05) is 20.3 Å². The summed E-state index contributed by atoms with van der Waals surface area (Å²) in [5, 5.41) is 3.91. The number of H-pyrrole nitrogens is 1. The average molecular weight is 722 g/mol. The zero-order valence-electron chi connectivity index (χ0n) is 30.1. The first-order valence-corrected chi connectivity index (χ1v) is 18.9. The summed E-state index contributed by atoms with van der Waals surface area (Å²) in [5.41, 5.74) is 4.08. The highest BCUT2D eigenvalue weighted by Gasteiger charge is 2.38. The Kier molecular flexibility index (Phi) is 14.9. The molecule has 1 aromatic carbocycles. The van der Waals surface area contributed by atoms with E-state index < -0.39 is 17.1 Å². The molecular weight excluding hydrogens is 671 g/mol. The Labute approximate surface area is 302 Å². The van der Waals surface area contributed by atoms with Crippen LogP contribution in [0.3, 0.4) is 0 Å². The number of pyridine rings is 2. The molecule has 2 unspecified atom stereocenters. The van der Waals surface area contributed by atoms with Crippen LogP contribution in [0.1, 0.15) is 76.0 Å². The fourth-order valence-electron chi connectivity index (χ4n) is 5.70. The molecule has 51 heavy (non-hydrogen) atoms. The van der Waals surface area contributed by atoms with E-state index >= 15 is 0 Å².